The van der Waals surface area contributed by atoms with Crippen LogP contribution in [0, 0.1) is 0 Å². The molecular formula is C62H45O2PSi2. The lowest BCUT2D eigenvalue weighted by Crippen LogP contribution is -2.75. The lowest BCUT2D eigenvalue weighted by Gasteiger charge is -2.35. The maximum atomic E-state index is 7.96. The highest BCUT2D eigenvalue weighted by Gasteiger charge is 2.46. The van der Waals surface area contributed by atoms with Crippen LogP contribution in [0.3, 0.4) is 0 Å². The van der Waals surface area contributed by atoms with Gasteiger partial charge in [0.1, 0.15) is 11.2 Å². The second kappa shape index (κ2) is 17.2. The molecule has 0 fully saturated rings. The smallest absolute Gasteiger partial charge is 0.252 e. The molecule has 0 unspecified atom stereocenters. The maximum Gasteiger partial charge on any atom is 0.252 e. The Morgan fingerprint density at radius 3 is 0.821 bits per heavy atom. The van der Waals surface area contributed by atoms with Gasteiger partial charge in [-0.3, -0.25) is 0 Å². The summed E-state index contributed by atoms with van der Waals surface area (Å²) in [7, 11) is -8.19. The van der Waals surface area contributed by atoms with Crippen LogP contribution in [0.2, 0.25) is 0 Å². The van der Waals surface area contributed by atoms with Crippen molar-refractivity contribution in [2.75, 3.05) is 0 Å². The third kappa shape index (κ3) is 6.67. The van der Waals surface area contributed by atoms with Gasteiger partial charge in [0.2, 0.25) is 0 Å². The predicted octanol–water partition coefficient (Wildman–Crippen LogP) is 11.3. The molecule has 0 amide bonds. The van der Waals surface area contributed by atoms with Crippen LogP contribution >= 0.6 is 8.01 Å². The molecule has 12 aromatic rings. The monoisotopic (exact) mass is 908 g/mol. The summed E-state index contributed by atoms with van der Waals surface area (Å²) in [6.45, 7) is 0. The van der Waals surface area contributed by atoms with Crippen LogP contribution in [0.4, 0.5) is 0 Å². The molecule has 318 valence electrons. The van der Waals surface area contributed by atoms with Gasteiger partial charge in [-0.15, -0.1) is 0 Å². The Morgan fingerprint density at radius 2 is 0.522 bits per heavy atom. The molecule has 0 N–H and O–H groups in total. The molecule has 0 saturated carbocycles. The van der Waals surface area contributed by atoms with Gasteiger partial charge in [0.15, 0.2) is 16.1 Å². The molecule has 0 bridgehead atoms. The Bertz CT molecular complexity index is 3300. The Labute approximate surface area is 393 Å². The number of fused-ring (bicyclic) bond motifs is 7. The number of hydrogen-bond donors (Lipinski definition) is 0. The minimum atomic E-state index is -3.21. The lowest BCUT2D eigenvalue weighted by atomic mass is 9.98. The summed E-state index contributed by atoms with van der Waals surface area (Å²) in [4.78, 5) is 0. The van der Waals surface area contributed by atoms with E-state index < -0.39 is 24.2 Å². The van der Waals surface area contributed by atoms with Gasteiger partial charge in [-0.05, 0) is 75.2 Å². The van der Waals surface area contributed by atoms with Gasteiger partial charge < -0.3 is 8.39 Å². The van der Waals surface area contributed by atoms with E-state index in [1.54, 1.807) is 0 Å². The fraction of sp³-hybridized carbons (Fsp3) is 0. The molecule has 67 heavy (non-hydrogen) atoms. The Balaban J connectivity index is 1.40. The maximum absolute atomic E-state index is 7.96. The van der Waals surface area contributed by atoms with Gasteiger partial charge in [-0.25, -0.2) is 0 Å². The quantitative estimate of drug-likeness (QED) is 0.107. The van der Waals surface area contributed by atoms with Crippen molar-refractivity contribution in [1.82, 2.24) is 0 Å². The second-order valence-corrected chi connectivity index (χ2v) is 26.1. The molecule has 2 nitrogen and oxygen atoms in total. The molecule has 0 aliphatic carbocycles. The summed E-state index contributed by atoms with van der Waals surface area (Å²) in [6, 6.07) is 101. The minimum absolute atomic E-state index is 0.879. The lowest BCUT2D eigenvalue weighted by molar-refractivity contribution is 0.653. The van der Waals surface area contributed by atoms with Gasteiger partial charge in [0, 0.05) is 10.8 Å². The first-order valence-corrected chi connectivity index (χ1v) is 28.1. The average Bonchev–Trinajstić information content (AvgIpc) is 3.60. The molecule has 0 spiro atoms. The minimum Gasteiger partial charge on any atom is -0.416 e. The van der Waals surface area contributed by atoms with Crippen molar-refractivity contribution >= 4 is 109 Å². The van der Waals surface area contributed by atoms with Crippen LogP contribution in [-0.4, -0.2) is 16.1 Å². The molecule has 11 aromatic carbocycles. The summed E-state index contributed by atoms with van der Waals surface area (Å²) >= 11 is 0. The number of benzene rings is 11. The summed E-state index contributed by atoms with van der Waals surface area (Å²) < 4.78 is 15.9. The fourth-order valence-corrected chi connectivity index (χ4v) is 22.1. The van der Waals surface area contributed by atoms with E-state index in [0.29, 0.717) is 0 Å². The van der Waals surface area contributed by atoms with Crippen molar-refractivity contribution < 1.29 is 8.39 Å². The molecular weight excluding hydrogens is 864 g/mol. The van der Waals surface area contributed by atoms with Crippen molar-refractivity contribution in [2.24, 2.45) is 0 Å². The predicted molar refractivity (Wildman–Crippen MR) is 290 cm³/mol. The largest absolute Gasteiger partial charge is 0.416 e. The van der Waals surface area contributed by atoms with Crippen molar-refractivity contribution in [3.8, 4) is 5.30 Å². The van der Waals surface area contributed by atoms with Crippen molar-refractivity contribution in [2.45, 2.75) is 0 Å². The van der Waals surface area contributed by atoms with Gasteiger partial charge in [-0.1, -0.05) is 261 Å². The molecule has 5 heteroatoms. The Morgan fingerprint density at radius 1 is 0.269 bits per heavy atom. The van der Waals surface area contributed by atoms with E-state index in [0.717, 1.165) is 48.8 Å². The summed E-state index contributed by atoms with van der Waals surface area (Å²) in [6.07, 6.45) is 0. The van der Waals surface area contributed by atoms with E-state index in [4.69, 9.17) is 8.39 Å². The van der Waals surface area contributed by atoms with Crippen LogP contribution in [0.1, 0.15) is 0 Å². The van der Waals surface area contributed by atoms with E-state index in [9.17, 15) is 0 Å². The van der Waals surface area contributed by atoms with Crippen molar-refractivity contribution in [1.29, 1.82) is 0 Å². The van der Waals surface area contributed by atoms with E-state index in [1.165, 1.54) is 41.5 Å². The second-order valence-electron chi connectivity index (χ2n) is 17.2. The van der Waals surface area contributed by atoms with Crippen LogP contribution in [0.5, 0.6) is 0 Å². The first-order chi connectivity index (χ1) is 33.3. The van der Waals surface area contributed by atoms with E-state index in [2.05, 4.69) is 273 Å². The first kappa shape index (κ1) is 40.8. The summed E-state index contributed by atoms with van der Waals surface area (Å²) in [5, 5.41) is 17.8. The molecule has 0 radical (unpaired) electrons. The van der Waals surface area contributed by atoms with Crippen molar-refractivity contribution in [3.05, 3.63) is 273 Å². The standard InChI is InChI=1S/C62H45O2PSi2/c1-8-28-48(29-9-1)65-63-61-57(66(49-30-10-2-11-31-49,50-32-12-3-13-33-50)51-34-14-4-15-35-51)44-46-26-22-24-42-55(46)59(61)60-56-43-25-23-27-47(56)45-58(62(60)64-65)67(52-36-16-5-17-37-52,53-38-18-6-19-39-53)54-40-20-7-21-41-54/h1-45H. The van der Waals surface area contributed by atoms with Crippen LogP contribution in [-0.2, 0) is 0 Å². The van der Waals surface area contributed by atoms with E-state index >= 15 is 0 Å². The molecule has 1 heterocycles. The summed E-state index contributed by atoms with van der Waals surface area (Å²) in [5.74, 6) is 0. The highest BCUT2D eigenvalue weighted by atomic mass is 31.1. The molecule has 1 aromatic heterocycles. The normalized spacial score (nSPS) is 11.9. The highest BCUT2D eigenvalue weighted by molar-refractivity contribution is 7.45. The van der Waals surface area contributed by atoms with Gasteiger partial charge in [0.05, 0.1) is 5.30 Å². The zero-order valence-corrected chi connectivity index (χ0v) is 39.6. The fourth-order valence-electron chi connectivity index (χ4n) is 10.8. The van der Waals surface area contributed by atoms with Gasteiger partial charge in [-0.2, -0.15) is 0 Å². The van der Waals surface area contributed by atoms with Gasteiger partial charge >= 0.3 is 0 Å². The highest BCUT2D eigenvalue weighted by Crippen LogP contribution is 2.45. The number of hydrogen-bond acceptors (Lipinski definition) is 2. The first-order valence-electron chi connectivity index (χ1n) is 22.9. The average molecular weight is 909 g/mol. The molecule has 0 saturated heterocycles. The Kier molecular flexibility index (Phi) is 10.5. The van der Waals surface area contributed by atoms with E-state index in [-0.39, 0.29) is 0 Å². The zero-order valence-electron chi connectivity index (χ0n) is 36.7. The molecule has 0 aliphatic heterocycles. The third-order valence-electron chi connectivity index (χ3n) is 13.6. The Hall–Kier alpha value is -7.73. The zero-order chi connectivity index (χ0) is 44.6. The number of rotatable bonds is 9. The van der Waals surface area contributed by atoms with Crippen molar-refractivity contribution in [3.63, 3.8) is 0 Å². The van der Waals surface area contributed by atoms with Gasteiger partial charge in [0.25, 0.3) is 8.01 Å². The molecule has 0 aliphatic rings. The van der Waals surface area contributed by atoms with Crippen LogP contribution < -0.4 is 41.5 Å². The van der Waals surface area contributed by atoms with Crippen LogP contribution in [0.25, 0.3) is 48.8 Å². The van der Waals surface area contributed by atoms with E-state index in [1.807, 2.05) is 0 Å². The topological polar surface area (TPSA) is 26.3 Å². The molecule has 12 rings (SSSR count). The third-order valence-corrected chi connectivity index (χ3v) is 24.6. The molecule has 0 atom stereocenters. The summed E-state index contributed by atoms with van der Waals surface area (Å²) in [5.41, 5.74) is 1.76. The van der Waals surface area contributed by atoms with Crippen LogP contribution in [0.15, 0.2) is 281 Å². The SMILES string of the molecule is c1ccc(-p2oc3c([Si](c4ccccc4)(c4ccccc4)c4ccccc4)cc4ccccc4c3c3c(o2)c([Si](c2ccccc2)(c2ccccc2)c2ccccc2)cc2ccccc23)cc1.